The smallest absolute Gasteiger partial charge is 0.226 e. The molecule has 1 atom stereocenters. The van der Waals surface area contributed by atoms with E-state index < -0.39 is 0 Å². The molecule has 1 unspecified atom stereocenters. The summed E-state index contributed by atoms with van der Waals surface area (Å²) in [6.45, 7) is 3.01. The maximum absolute atomic E-state index is 12.5. The van der Waals surface area contributed by atoms with Gasteiger partial charge in [-0.2, -0.15) is 0 Å². The number of amides is 2. The van der Waals surface area contributed by atoms with Crippen molar-refractivity contribution >= 4 is 17.5 Å². The first-order valence-electron chi connectivity index (χ1n) is 10.7. The Bertz CT molecular complexity index is 783. The molecule has 2 aromatic carbocycles. The number of nitrogens with zero attached hydrogens (tertiary/aromatic N) is 1. The molecule has 1 heterocycles. The number of rotatable bonds is 10. The predicted molar refractivity (Wildman–Crippen MR) is 118 cm³/mol. The summed E-state index contributed by atoms with van der Waals surface area (Å²) >= 11 is 0. The van der Waals surface area contributed by atoms with Gasteiger partial charge in [-0.05, 0) is 43.5 Å². The fraction of sp³-hybridized carbons (Fsp3) is 0.417. The number of hydrogen-bond donors (Lipinski definition) is 2. The summed E-state index contributed by atoms with van der Waals surface area (Å²) in [5, 5.41) is 6.36. The Balaban J connectivity index is 1.32. The van der Waals surface area contributed by atoms with Crippen LogP contribution in [0, 0.1) is 5.92 Å². The summed E-state index contributed by atoms with van der Waals surface area (Å²) in [6.07, 6.45) is 2.87. The molecule has 0 saturated carbocycles. The Hall–Kier alpha value is -3.02. The van der Waals surface area contributed by atoms with Crippen molar-refractivity contribution in [3.63, 3.8) is 0 Å². The minimum Gasteiger partial charge on any atom is -0.493 e. The number of ether oxygens (including phenoxy) is 1. The third-order valence-electron chi connectivity index (χ3n) is 5.23. The van der Waals surface area contributed by atoms with Crippen LogP contribution in [0.25, 0.3) is 0 Å². The maximum Gasteiger partial charge on any atom is 0.226 e. The van der Waals surface area contributed by atoms with Crippen LogP contribution in [0.4, 0.5) is 5.69 Å². The van der Waals surface area contributed by atoms with Crippen LogP contribution in [0.2, 0.25) is 0 Å². The zero-order chi connectivity index (χ0) is 21.0. The molecule has 0 radical (unpaired) electrons. The van der Waals surface area contributed by atoms with Crippen molar-refractivity contribution in [2.24, 2.45) is 5.92 Å². The van der Waals surface area contributed by atoms with Gasteiger partial charge < -0.3 is 20.3 Å². The molecule has 160 valence electrons. The van der Waals surface area contributed by atoms with Crippen LogP contribution < -0.4 is 15.4 Å². The van der Waals surface area contributed by atoms with E-state index in [-0.39, 0.29) is 17.7 Å². The molecular weight excluding hydrogens is 378 g/mol. The summed E-state index contributed by atoms with van der Waals surface area (Å²) < 4.78 is 5.62. The largest absolute Gasteiger partial charge is 0.493 e. The SMILES string of the molecule is O=C(NCCCNc1ccccc1)C1CCCN(C(=O)CCOc2ccccc2)C1. The minimum atomic E-state index is -0.125. The number of anilines is 1. The Kier molecular flexibility index (Phi) is 8.57. The van der Waals surface area contributed by atoms with Crippen molar-refractivity contribution in [2.75, 3.05) is 38.1 Å². The normalized spacial score (nSPS) is 16.0. The van der Waals surface area contributed by atoms with E-state index in [1.54, 1.807) is 4.90 Å². The molecule has 3 rings (SSSR count). The zero-order valence-electron chi connectivity index (χ0n) is 17.4. The average molecular weight is 410 g/mol. The standard InChI is InChI=1S/C24H31N3O3/c28-23(14-18-30-22-12-5-2-6-13-22)27-17-7-9-20(19-27)24(29)26-16-8-15-25-21-10-3-1-4-11-21/h1-6,10-13,20,25H,7-9,14-19H2,(H,26,29). The van der Waals surface area contributed by atoms with E-state index in [1.165, 1.54) is 0 Å². The number of benzene rings is 2. The van der Waals surface area contributed by atoms with Crippen LogP contribution in [-0.2, 0) is 9.59 Å². The number of carbonyl (C=O) groups excluding carboxylic acids is 2. The van der Waals surface area contributed by atoms with Crippen molar-refractivity contribution in [2.45, 2.75) is 25.7 Å². The summed E-state index contributed by atoms with van der Waals surface area (Å²) in [5.74, 6) is 0.742. The van der Waals surface area contributed by atoms with E-state index >= 15 is 0 Å². The molecule has 2 aromatic rings. The molecule has 0 aromatic heterocycles. The van der Waals surface area contributed by atoms with Gasteiger partial charge in [0, 0.05) is 31.9 Å². The van der Waals surface area contributed by atoms with E-state index in [0.29, 0.717) is 26.1 Å². The lowest BCUT2D eigenvalue weighted by molar-refractivity contribution is -0.136. The first-order chi connectivity index (χ1) is 14.7. The molecule has 2 amide bonds. The van der Waals surface area contributed by atoms with E-state index in [0.717, 1.165) is 43.8 Å². The molecule has 30 heavy (non-hydrogen) atoms. The van der Waals surface area contributed by atoms with Gasteiger partial charge in [0.1, 0.15) is 5.75 Å². The quantitative estimate of drug-likeness (QED) is 0.591. The molecule has 1 fully saturated rings. The second-order valence-electron chi connectivity index (χ2n) is 7.53. The minimum absolute atomic E-state index is 0.0488. The van der Waals surface area contributed by atoms with Gasteiger partial charge in [0.05, 0.1) is 18.9 Å². The van der Waals surface area contributed by atoms with Crippen molar-refractivity contribution < 1.29 is 14.3 Å². The fourth-order valence-electron chi connectivity index (χ4n) is 3.58. The lowest BCUT2D eigenvalue weighted by atomic mass is 9.97. The van der Waals surface area contributed by atoms with Gasteiger partial charge >= 0.3 is 0 Å². The molecule has 6 heteroatoms. The molecule has 6 nitrogen and oxygen atoms in total. The van der Waals surface area contributed by atoms with Crippen LogP contribution >= 0.6 is 0 Å². The Labute approximate surface area is 178 Å². The van der Waals surface area contributed by atoms with Crippen LogP contribution in [0.15, 0.2) is 60.7 Å². The second-order valence-corrected chi connectivity index (χ2v) is 7.53. The third kappa shape index (κ3) is 7.10. The van der Waals surface area contributed by atoms with Crippen molar-refractivity contribution in [1.82, 2.24) is 10.2 Å². The lowest BCUT2D eigenvalue weighted by Gasteiger charge is -2.32. The average Bonchev–Trinajstić information content (AvgIpc) is 2.80. The molecule has 0 bridgehead atoms. The van der Waals surface area contributed by atoms with E-state index in [4.69, 9.17) is 4.74 Å². The molecule has 1 aliphatic heterocycles. The first kappa shape index (κ1) is 21.7. The number of carbonyl (C=O) groups is 2. The van der Waals surface area contributed by atoms with Crippen LogP contribution in [0.5, 0.6) is 5.75 Å². The van der Waals surface area contributed by atoms with Crippen LogP contribution in [0.1, 0.15) is 25.7 Å². The molecule has 1 saturated heterocycles. The Morgan fingerprint density at radius 3 is 2.50 bits per heavy atom. The van der Waals surface area contributed by atoms with Gasteiger partial charge in [-0.15, -0.1) is 0 Å². The van der Waals surface area contributed by atoms with Gasteiger partial charge in [-0.3, -0.25) is 9.59 Å². The van der Waals surface area contributed by atoms with Gasteiger partial charge in [0.25, 0.3) is 0 Å². The highest BCUT2D eigenvalue weighted by atomic mass is 16.5. The van der Waals surface area contributed by atoms with Crippen molar-refractivity contribution in [3.05, 3.63) is 60.7 Å². The predicted octanol–water partition coefficient (Wildman–Crippen LogP) is 3.31. The van der Waals surface area contributed by atoms with Crippen LogP contribution in [0.3, 0.4) is 0 Å². The number of likely N-dealkylation sites (tertiary alicyclic amines) is 1. The molecule has 0 spiro atoms. The van der Waals surface area contributed by atoms with Gasteiger partial charge in [0.2, 0.25) is 11.8 Å². The maximum atomic E-state index is 12.5. The van der Waals surface area contributed by atoms with Crippen molar-refractivity contribution in [1.29, 1.82) is 0 Å². The number of para-hydroxylation sites is 2. The van der Waals surface area contributed by atoms with Crippen LogP contribution in [-0.4, -0.2) is 49.5 Å². The molecule has 1 aliphatic rings. The van der Waals surface area contributed by atoms with E-state index in [2.05, 4.69) is 10.6 Å². The second kappa shape index (κ2) is 11.9. The first-order valence-corrected chi connectivity index (χ1v) is 10.7. The molecule has 0 aliphatic carbocycles. The van der Waals surface area contributed by atoms with Gasteiger partial charge in [0.15, 0.2) is 0 Å². The number of nitrogens with one attached hydrogen (secondary N) is 2. The summed E-state index contributed by atoms with van der Waals surface area (Å²) in [5.41, 5.74) is 1.08. The number of piperidine rings is 1. The highest BCUT2D eigenvalue weighted by molar-refractivity contribution is 5.81. The molecular formula is C24H31N3O3. The van der Waals surface area contributed by atoms with E-state index in [9.17, 15) is 9.59 Å². The Morgan fingerprint density at radius 2 is 1.73 bits per heavy atom. The molecule has 2 N–H and O–H groups in total. The van der Waals surface area contributed by atoms with Gasteiger partial charge in [-0.25, -0.2) is 0 Å². The van der Waals surface area contributed by atoms with E-state index in [1.807, 2.05) is 60.7 Å². The van der Waals surface area contributed by atoms with Crippen molar-refractivity contribution in [3.8, 4) is 5.75 Å². The summed E-state index contributed by atoms with van der Waals surface area (Å²) in [4.78, 5) is 26.8. The zero-order valence-corrected chi connectivity index (χ0v) is 17.4. The summed E-state index contributed by atoms with van der Waals surface area (Å²) in [7, 11) is 0. The summed E-state index contributed by atoms with van der Waals surface area (Å²) in [6, 6.07) is 19.5. The third-order valence-corrected chi connectivity index (χ3v) is 5.23. The Morgan fingerprint density at radius 1 is 1.00 bits per heavy atom. The highest BCUT2D eigenvalue weighted by Crippen LogP contribution is 2.18. The number of hydrogen-bond acceptors (Lipinski definition) is 4. The monoisotopic (exact) mass is 409 g/mol. The topological polar surface area (TPSA) is 70.7 Å². The lowest BCUT2D eigenvalue weighted by Crippen LogP contribution is -2.46. The van der Waals surface area contributed by atoms with Gasteiger partial charge in [-0.1, -0.05) is 36.4 Å². The fourth-order valence-corrected chi connectivity index (χ4v) is 3.58. The highest BCUT2D eigenvalue weighted by Gasteiger charge is 2.28.